The van der Waals surface area contributed by atoms with Crippen LogP contribution in [0.25, 0.3) is 0 Å². The Kier molecular flexibility index (Phi) is 28.6. The van der Waals surface area contributed by atoms with Crippen LogP contribution >= 0.6 is 0 Å². The monoisotopic (exact) mass is 527 g/mol. The number of rotatable bonds is 30. The maximum Gasteiger partial charge on any atom is 0.123 e. The van der Waals surface area contributed by atoms with Gasteiger partial charge < -0.3 is 27.7 Å². The zero-order valence-corrected chi connectivity index (χ0v) is 25.4. The molecule has 0 saturated carbocycles. The zero-order chi connectivity index (χ0) is 27.4. The summed E-state index contributed by atoms with van der Waals surface area (Å²) >= 11 is 0. The van der Waals surface area contributed by atoms with Gasteiger partial charge >= 0.3 is 0 Å². The van der Waals surface area contributed by atoms with Crippen LogP contribution in [0.5, 0.6) is 0 Å². The molecular formula is C32H70N4O. The van der Waals surface area contributed by atoms with Gasteiger partial charge in [0.2, 0.25) is 0 Å². The highest BCUT2D eigenvalue weighted by Gasteiger charge is 2.21. The molecule has 37 heavy (non-hydrogen) atoms. The fraction of sp³-hybridized carbons (Fsp3) is 1.00. The largest absolute Gasteiger partial charge is 0.342 e. The summed E-state index contributed by atoms with van der Waals surface area (Å²) in [4.78, 5) is 0. The van der Waals surface area contributed by atoms with Crippen LogP contribution in [0.4, 0.5) is 0 Å². The van der Waals surface area contributed by atoms with Crippen molar-refractivity contribution in [1.82, 2.24) is 0 Å². The molecule has 0 aromatic rings. The van der Waals surface area contributed by atoms with Crippen molar-refractivity contribution in [2.45, 2.75) is 205 Å². The van der Waals surface area contributed by atoms with Crippen LogP contribution in [0, 0.1) is 0 Å². The maximum atomic E-state index is 6.27. The van der Waals surface area contributed by atoms with E-state index >= 15 is 0 Å². The van der Waals surface area contributed by atoms with Crippen LogP contribution in [0.2, 0.25) is 0 Å². The second-order valence-corrected chi connectivity index (χ2v) is 11.7. The topological polar surface area (TPSA) is 113 Å². The predicted molar refractivity (Wildman–Crippen MR) is 164 cm³/mol. The number of hydrogen-bond acceptors (Lipinski definition) is 5. The Morgan fingerprint density at radius 1 is 0.351 bits per heavy atom. The van der Waals surface area contributed by atoms with E-state index in [-0.39, 0.29) is 12.1 Å². The van der Waals surface area contributed by atoms with Crippen molar-refractivity contribution < 1.29 is 4.74 Å². The summed E-state index contributed by atoms with van der Waals surface area (Å²) in [5.41, 5.74) is 24.9. The maximum absolute atomic E-state index is 6.27. The summed E-state index contributed by atoms with van der Waals surface area (Å²) in [7, 11) is 0. The van der Waals surface area contributed by atoms with Crippen molar-refractivity contribution in [2.24, 2.45) is 22.9 Å². The lowest BCUT2D eigenvalue weighted by molar-refractivity contribution is -0.0332. The minimum atomic E-state index is -0.532. The molecule has 0 aromatic carbocycles. The second-order valence-electron chi connectivity index (χ2n) is 11.7. The quantitative estimate of drug-likeness (QED) is 0.0554. The molecule has 0 saturated heterocycles. The van der Waals surface area contributed by atoms with E-state index in [9.17, 15) is 0 Å². The van der Waals surface area contributed by atoms with Crippen molar-refractivity contribution in [3.63, 3.8) is 0 Å². The van der Waals surface area contributed by atoms with Gasteiger partial charge in [0.1, 0.15) is 12.5 Å². The van der Waals surface area contributed by atoms with Gasteiger partial charge in [0.15, 0.2) is 0 Å². The summed E-state index contributed by atoms with van der Waals surface area (Å²) in [6, 6.07) is -0.346. The number of unbranched alkanes of at least 4 members (excludes halogenated alkanes) is 22. The van der Waals surface area contributed by atoms with Crippen molar-refractivity contribution in [2.75, 3.05) is 0 Å². The third-order valence-corrected chi connectivity index (χ3v) is 7.94. The number of ether oxygens (including phenoxy) is 1. The fourth-order valence-electron chi connectivity index (χ4n) is 5.15. The Hall–Kier alpha value is -0.200. The lowest BCUT2D eigenvalue weighted by atomic mass is 10.0. The first-order chi connectivity index (χ1) is 18.0. The van der Waals surface area contributed by atoms with Crippen LogP contribution in [0.15, 0.2) is 0 Å². The third kappa shape index (κ3) is 25.8. The number of nitrogens with two attached hydrogens (primary N) is 4. The Balaban J connectivity index is 3.56. The molecule has 8 N–H and O–H groups in total. The van der Waals surface area contributed by atoms with E-state index in [0.29, 0.717) is 0 Å². The van der Waals surface area contributed by atoms with Gasteiger partial charge in [-0.2, -0.15) is 0 Å². The molecule has 0 rings (SSSR count). The Morgan fingerprint density at radius 3 is 0.811 bits per heavy atom. The molecule has 0 fully saturated rings. The molecular weight excluding hydrogens is 456 g/mol. The molecule has 0 aliphatic carbocycles. The molecule has 0 bridgehead atoms. The molecule has 0 aromatic heterocycles. The average molecular weight is 527 g/mol. The molecule has 0 aliphatic rings. The van der Waals surface area contributed by atoms with Gasteiger partial charge in [-0.3, -0.25) is 0 Å². The highest BCUT2D eigenvalue weighted by Crippen LogP contribution is 2.15. The zero-order valence-electron chi connectivity index (χ0n) is 25.4. The lowest BCUT2D eigenvalue weighted by Gasteiger charge is -2.27. The van der Waals surface area contributed by atoms with Crippen molar-refractivity contribution >= 4 is 0 Å². The van der Waals surface area contributed by atoms with E-state index in [1.807, 2.05) is 0 Å². The highest BCUT2D eigenvalue weighted by molar-refractivity contribution is 4.74. The molecule has 0 heterocycles. The predicted octanol–water partition coefficient (Wildman–Crippen LogP) is 8.41. The minimum absolute atomic E-state index is 0.173. The standard InChI is InChI=1S/C32H70N4O/c1-3-5-7-9-11-13-15-17-19-21-23-25-27-29(33)31(35)37-32(36)30(34)28-26-24-22-20-18-16-14-12-10-8-6-4-2/h29-32H,3-28,33-36H2,1-2H3. The first-order valence-electron chi connectivity index (χ1n) is 16.7. The van der Waals surface area contributed by atoms with Crippen LogP contribution in [-0.4, -0.2) is 24.5 Å². The first-order valence-corrected chi connectivity index (χ1v) is 16.7. The molecule has 5 nitrogen and oxygen atoms in total. The smallest absolute Gasteiger partial charge is 0.123 e. The van der Waals surface area contributed by atoms with E-state index in [4.69, 9.17) is 27.7 Å². The summed E-state index contributed by atoms with van der Waals surface area (Å²) in [5, 5.41) is 0. The third-order valence-electron chi connectivity index (χ3n) is 7.94. The minimum Gasteiger partial charge on any atom is -0.342 e. The summed E-state index contributed by atoms with van der Waals surface area (Å²) in [6.07, 6.45) is 32.9. The molecule has 0 aliphatic heterocycles. The van der Waals surface area contributed by atoms with Gasteiger partial charge in [-0.1, -0.05) is 168 Å². The molecule has 4 unspecified atom stereocenters. The van der Waals surface area contributed by atoms with Crippen molar-refractivity contribution in [1.29, 1.82) is 0 Å². The Bertz CT molecular complexity index is 399. The van der Waals surface area contributed by atoms with Gasteiger partial charge in [-0.05, 0) is 12.8 Å². The molecule has 0 spiro atoms. The van der Waals surface area contributed by atoms with Gasteiger partial charge in [-0.15, -0.1) is 0 Å². The van der Waals surface area contributed by atoms with Crippen molar-refractivity contribution in [3.05, 3.63) is 0 Å². The fourth-order valence-corrected chi connectivity index (χ4v) is 5.15. The normalized spacial score (nSPS) is 15.1. The molecule has 4 atom stereocenters. The summed E-state index contributed by atoms with van der Waals surface area (Å²) in [5.74, 6) is 0. The SMILES string of the molecule is CCCCCCCCCCCCCCC(N)C(N)OC(N)C(N)CCCCCCCCCCCCCC. The molecule has 224 valence electrons. The second kappa shape index (κ2) is 28.8. The lowest BCUT2D eigenvalue weighted by Crippen LogP contribution is -2.52. The first kappa shape index (κ1) is 36.8. The van der Waals surface area contributed by atoms with E-state index in [1.165, 1.54) is 141 Å². The van der Waals surface area contributed by atoms with Gasteiger partial charge in [0, 0.05) is 12.1 Å². The van der Waals surface area contributed by atoms with Crippen LogP contribution in [-0.2, 0) is 4.74 Å². The van der Waals surface area contributed by atoms with Crippen LogP contribution < -0.4 is 22.9 Å². The molecule has 0 radical (unpaired) electrons. The number of hydrogen-bond donors (Lipinski definition) is 4. The van der Waals surface area contributed by atoms with Gasteiger partial charge in [0.25, 0.3) is 0 Å². The van der Waals surface area contributed by atoms with Crippen LogP contribution in [0.1, 0.15) is 181 Å². The Morgan fingerprint density at radius 2 is 0.568 bits per heavy atom. The van der Waals surface area contributed by atoms with E-state index < -0.39 is 12.5 Å². The summed E-state index contributed by atoms with van der Waals surface area (Å²) < 4.78 is 5.79. The van der Waals surface area contributed by atoms with E-state index in [0.717, 1.165) is 25.7 Å². The molecule has 0 amide bonds. The highest BCUT2D eigenvalue weighted by atomic mass is 16.5. The average Bonchev–Trinajstić information content (AvgIpc) is 2.89. The van der Waals surface area contributed by atoms with E-state index in [1.54, 1.807) is 0 Å². The van der Waals surface area contributed by atoms with Gasteiger partial charge in [0.05, 0.1) is 0 Å². The molecule has 5 heteroatoms. The van der Waals surface area contributed by atoms with E-state index in [2.05, 4.69) is 13.8 Å². The van der Waals surface area contributed by atoms with Crippen molar-refractivity contribution in [3.8, 4) is 0 Å². The van der Waals surface area contributed by atoms with Gasteiger partial charge in [-0.25, -0.2) is 0 Å². The Labute approximate surface area is 233 Å². The van der Waals surface area contributed by atoms with Crippen LogP contribution in [0.3, 0.4) is 0 Å². The summed E-state index contributed by atoms with van der Waals surface area (Å²) in [6.45, 7) is 4.55.